The number of anilines is 1. The van der Waals surface area contributed by atoms with Crippen LogP contribution in [0.25, 0.3) is 0 Å². The Morgan fingerprint density at radius 2 is 1.77 bits per heavy atom. The summed E-state index contributed by atoms with van der Waals surface area (Å²) in [6.07, 6.45) is 0.591. The first-order chi connectivity index (χ1) is 14.3. The summed E-state index contributed by atoms with van der Waals surface area (Å²) in [4.78, 5) is 13.8. The van der Waals surface area contributed by atoms with Gasteiger partial charge in [0.05, 0.1) is 10.6 Å². The van der Waals surface area contributed by atoms with Gasteiger partial charge in [0.15, 0.2) is 0 Å². The van der Waals surface area contributed by atoms with Crippen LogP contribution in [-0.2, 0) is 16.4 Å². The molecule has 10 heteroatoms. The number of rotatable bonds is 9. The number of hydrogen-bond acceptors (Lipinski definition) is 5. The van der Waals surface area contributed by atoms with Crippen LogP contribution >= 0.6 is 23.1 Å². The van der Waals surface area contributed by atoms with E-state index in [4.69, 9.17) is 0 Å². The topological polar surface area (TPSA) is 75.3 Å². The molecule has 0 aliphatic carbocycles. The highest BCUT2D eigenvalue weighted by Gasteiger charge is 2.16. The van der Waals surface area contributed by atoms with Gasteiger partial charge in [-0.15, -0.1) is 11.3 Å². The number of thioether (sulfide) groups is 1. The van der Waals surface area contributed by atoms with Gasteiger partial charge in [0.25, 0.3) is 11.7 Å². The fourth-order valence-electron chi connectivity index (χ4n) is 2.60. The van der Waals surface area contributed by atoms with Crippen molar-refractivity contribution in [1.29, 1.82) is 0 Å². The molecule has 0 atom stereocenters. The van der Waals surface area contributed by atoms with E-state index in [0.717, 1.165) is 4.88 Å². The monoisotopic (exact) mass is 468 g/mol. The van der Waals surface area contributed by atoms with E-state index in [9.17, 15) is 22.0 Å². The number of thiophene rings is 1. The summed E-state index contributed by atoms with van der Waals surface area (Å²) < 4.78 is 52.7. The van der Waals surface area contributed by atoms with Crippen molar-refractivity contribution < 1.29 is 22.0 Å². The number of carbonyl (C=O) groups excluding carboxylic acids is 1. The van der Waals surface area contributed by atoms with Crippen molar-refractivity contribution in [3.63, 3.8) is 0 Å². The summed E-state index contributed by atoms with van der Waals surface area (Å²) in [5.74, 6) is -3.13. The molecule has 0 saturated carbocycles. The van der Waals surface area contributed by atoms with E-state index in [1.54, 1.807) is 23.5 Å². The molecule has 0 aliphatic heterocycles. The molecule has 2 aromatic carbocycles. The zero-order valence-electron chi connectivity index (χ0n) is 15.5. The molecule has 3 aromatic rings. The van der Waals surface area contributed by atoms with E-state index in [2.05, 4.69) is 10.0 Å². The third-order valence-corrected chi connectivity index (χ3v) is 7.22. The van der Waals surface area contributed by atoms with Crippen molar-refractivity contribution in [1.82, 2.24) is 4.72 Å². The zero-order valence-corrected chi connectivity index (χ0v) is 18.0. The van der Waals surface area contributed by atoms with Gasteiger partial charge in [0.2, 0.25) is 10.0 Å². The quantitative estimate of drug-likeness (QED) is 0.441. The number of halogens is 2. The van der Waals surface area contributed by atoms with Gasteiger partial charge in [-0.25, -0.2) is 13.1 Å². The highest BCUT2D eigenvalue weighted by molar-refractivity contribution is 7.99. The SMILES string of the molecule is O=C(Nc1ccccc1SC(F)F)c1ccc(S(=O)(=O)NCCc2cccs2)cc1. The van der Waals surface area contributed by atoms with Crippen molar-refractivity contribution >= 4 is 44.7 Å². The Morgan fingerprint density at radius 1 is 1.03 bits per heavy atom. The minimum absolute atomic E-state index is 0.0406. The maximum absolute atomic E-state index is 12.7. The highest BCUT2D eigenvalue weighted by atomic mass is 32.2. The summed E-state index contributed by atoms with van der Waals surface area (Å²) in [5.41, 5.74) is 0.476. The van der Waals surface area contributed by atoms with Crippen LogP contribution in [0.5, 0.6) is 0 Å². The van der Waals surface area contributed by atoms with E-state index in [1.165, 1.54) is 36.4 Å². The third kappa shape index (κ3) is 6.11. The Morgan fingerprint density at radius 3 is 2.43 bits per heavy atom. The van der Waals surface area contributed by atoms with Crippen LogP contribution in [0.4, 0.5) is 14.5 Å². The van der Waals surface area contributed by atoms with Crippen molar-refractivity contribution in [3.05, 3.63) is 76.5 Å². The molecule has 0 spiro atoms. The smallest absolute Gasteiger partial charge is 0.288 e. The number of benzene rings is 2. The molecule has 2 N–H and O–H groups in total. The lowest BCUT2D eigenvalue weighted by atomic mass is 10.2. The van der Waals surface area contributed by atoms with Gasteiger partial charge in [0, 0.05) is 21.9 Å². The van der Waals surface area contributed by atoms with Crippen LogP contribution in [0.2, 0.25) is 0 Å². The average molecular weight is 469 g/mol. The van der Waals surface area contributed by atoms with Crippen LogP contribution in [0.1, 0.15) is 15.2 Å². The molecule has 0 unspecified atom stereocenters. The first kappa shape index (κ1) is 22.4. The Hall–Kier alpha value is -2.27. The number of carbonyl (C=O) groups is 1. The lowest BCUT2D eigenvalue weighted by Crippen LogP contribution is -2.26. The third-order valence-electron chi connectivity index (χ3n) is 4.02. The number of nitrogens with one attached hydrogen (secondary N) is 2. The number of alkyl halides is 2. The summed E-state index contributed by atoms with van der Waals surface area (Å²) in [6.45, 7) is 0.268. The second-order valence-electron chi connectivity index (χ2n) is 6.08. The molecule has 0 radical (unpaired) electrons. The Balaban J connectivity index is 1.64. The summed E-state index contributed by atoms with van der Waals surface area (Å²) >= 11 is 1.90. The van der Waals surface area contributed by atoms with Crippen LogP contribution in [0, 0.1) is 0 Å². The number of sulfonamides is 1. The molecule has 5 nitrogen and oxygen atoms in total. The van der Waals surface area contributed by atoms with E-state index < -0.39 is 21.7 Å². The largest absolute Gasteiger partial charge is 0.321 e. The minimum atomic E-state index is -3.70. The minimum Gasteiger partial charge on any atom is -0.321 e. The second-order valence-corrected chi connectivity index (χ2v) is 9.91. The first-order valence-electron chi connectivity index (χ1n) is 8.82. The van der Waals surface area contributed by atoms with Gasteiger partial charge in [-0.2, -0.15) is 8.78 Å². The highest BCUT2D eigenvalue weighted by Crippen LogP contribution is 2.31. The van der Waals surface area contributed by atoms with Gasteiger partial charge in [0.1, 0.15) is 0 Å². The van der Waals surface area contributed by atoms with Crippen LogP contribution in [0.15, 0.2) is 75.8 Å². The summed E-state index contributed by atoms with van der Waals surface area (Å²) in [7, 11) is -3.70. The maximum atomic E-state index is 12.7. The molecule has 1 amide bonds. The van der Waals surface area contributed by atoms with E-state index in [-0.39, 0.29) is 27.6 Å². The lowest BCUT2D eigenvalue weighted by molar-refractivity contribution is 0.102. The van der Waals surface area contributed by atoms with Gasteiger partial charge >= 0.3 is 0 Å². The molecule has 30 heavy (non-hydrogen) atoms. The maximum Gasteiger partial charge on any atom is 0.288 e. The van der Waals surface area contributed by atoms with Crippen molar-refractivity contribution in [2.75, 3.05) is 11.9 Å². The van der Waals surface area contributed by atoms with Crippen LogP contribution in [0.3, 0.4) is 0 Å². The standard InChI is InChI=1S/C20H18F2N2O3S3/c21-20(22)29-18-6-2-1-5-17(18)24-19(25)14-7-9-16(10-8-14)30(26,27)23-12-11-15-4-3-13-28-15/h1-10,13,20,23H,11-12H2,(H,24,25). The fraction of sp³-hybridized carbons (Fsp3) is 0.150. The normalized spacial score (nSPS) is 11.6. The van der Waals surface area contributed by atoms with Gasteiger partial charge in [-0.1, -0.05) is 30.0 Å². The molecule has 158 valence electrons. The second kappa shape index (κ2) is 10.2. The number of amides is 1. The van der Waals surface area contributed by atoms with Crippen LogP contribution in [-0.4, -0.2) is 26.6 Å². The Kier molecular flexibility index (Phi) is 7.59. The van der Waals surface area contributed by atoms with Crippen molar-refractivity contribution in [2.24, 2.45) is 0 Å². The Bertz CT molecular complexity index is 1090. The van der Waals surface area contributed by atoms with Gasteiger partial charge < -0.3 is 5.32 Å². The molecular weight excluding hydrogens is 450 g/mol. The predicted molar refractivity (Wildman–Crippen MR) is 116 cm³/mol. The molecule has 0 saturated heterocycles. The van der Waals surface area contributed by atoms with Gasteiger partial charge in [-0.05, 0) is 54.3 Å². The van der Waals surface area contributed by atoms with Crippen molar-refractivity contribution in [3.8, 4) is 0 Å². The summed E-state index contributed by atoms with van der Waals surface area (Å²) in [5, 5.41) is 4.51. The van der Waals surface area contributed by atoms with E-state index in [1.807, 2.05) is 17.5 Å². The molecular formula is C20H18F2N2O3S3. The number of hydrogen-bond donors (Lipinski definition) is 2. The fourth-order valence-corrected chi connectivity index (χ4v) is 4.93. The average Bonchev–Trinajstić information content (AvgIpc) is 3.22. The lowest BCUT2D eigenvalue weighted by Gasteiger charge is -2.11. The first-order valence-corrected chi connectivity index (χ1v) is 12.1. The molecule has 0 aliphatic rings. The molecule has 1 aromatic heterocycles. The number of para-hydroxylation sites is 1. The van der Waals surface area contributed by atoms with Gasteiger partial charge in [-0.3, -0.25) is 4.79 Å². The molecule has 0 bridgehead atoms. The molecule has 3 rings (SSSR count). The molecule has 0 fully saturated rings. The molecule has 1 heterocycles. The van der Waals surface area contributed by atoms with E-state index >= 15 is 0 Å². The van der Waals surface area contributed by atoms with E-state index in [0.29, 0.717) is 18.2 Å². The predicted octanol–water partition coefficient (Wildman–Crippen LogP) is 4.84. The zero-order chi connectivity index (χ0) is 21.6. The Labute approximate surface area is 181 Å². The van der Waals surface area contributed by atoms with Crippen LogP contribution < -0.4 is 10.0 Å². The van der Waals surface area contributed by atoms with Crippen molar-refractivity contribution in [2.45, 2.75) is 22.0 Å². The summed E-state index contributed by atoms with van der Waals surface area (Å²) in [6, 6.07) is 15.5.